The summed E-state index contributed by atoms with van der Waals surface area (Å²) in [5.74, 6) is -0.115. The van der Waals surface area contributed by atoms with Gasteiger partial charge in [0.25, 0.3) is 0 Å². The maximum absolute atomic E-state index is 12.5. The number of ketones is 1. The highest BCUT2D eigenvalue weighted by Gasteiger charge is 2.17. The summed E-state index contributed by atoms with van der Waals surface area (Å²) >= 11 is 1.61. The van der Waals surface area contributed by atoms with Crippen LogP contribution in [0.3, 0.4) is 0 Å². The second kappa shape index (κ2) is 5.54. The molecule has 0 aliphatic heterocycles. The summed E-state index contributed by atoms with van der Waals surface area (Å²) in [6.07, 6.45) is 0. The van der Waals surface area contributed by atoms with Gasteiger partial charge in [0.15, 0.2) is 5.78 Å². The van der Waals surface area contributed by atoms with Gasteiger partial charge in [0.1, 0.15) is 5.75 Å². The molecule has 0 aliphatic rings. The molecular formula is C18H14O2S. The number of hydrogen-bond acceptors (Lipinski definition) is 3. The first-order chi connectivity index (χ1) is 10.2. The normalized spacial score (nSPS) is 10.5. The molecular weight excluding hydrogens is 280 g/mol. The standard InChI is InChI=1S/C18H14O2S/c1-12-10-14(16-8-5-9-21-16)11-15(19)17(12)18(20)13-6-3-2-4-7-13/h2-11,19H,1H3. The maximum atomic E-state index is 12.5. The molecule has 0 bridgehead atoms. The van der Waals surface area contributed by atoms with Crippen LogP contribution in [0, 0.1) is 6.92 Å². The summed E-state index contributed by atoms with van der Waals surface area (Å²) in [6, 6.07) is 16.6. The van der Waals surface area contributed by atoms with E-state index in [4.69, 9.17) is 0 Å². The highest BCUT2D eigenvalue weighted by atomic mass is 32.1. The van der Waals surface area contributed by atoms with Gasteiger partial charge in [-0.1, -0.05) is 36.4 Å². The van der Waals surface area contributed by atoms with Crippen LogP contribution in [0.1, 0.15) is 21.5 Å². The van der Waals surface area contributed by atoms with Gasteiger partial charge >= 0.3 is 0 Å². The molecule has 1 aromatic heterocycles. The summed E-state index contributed by atoms with van der Waals surface area (Å²) in [6.45, 7) is 1.85. The van der Waals surface area contributed by atoms with E-state index in [0.717, 1.165) is 16.0 Å². The minimum atomic E-state index is -0.150. The predicted molar refractivity (Wildman–Crippen MR) is 86.0 cm³/mol. The van der Waals surface area contributed by atoms with Gasteiger partial charge in [0, 0.05) is 10.4 Å². The number of aromatic hydroxyl groups is 1. The molecule has 0 saturated carbocycles. The highest BCUT2D eigenvalue weighted by molar-refractivity contribution is 7.13. The third kappa shape index (κ3) is 2.60. The van der Waals surface area contributed by atoms with E-state index in [9.17, 15) is 9.90 Å². The predicted octanol–water partition coefficient (Wildman–Crippen LogP) is 4.66. The first-order valence-corrected chi connectivity index (χ1v) is 7.52. The molecule has 1 heterocycles. The average molecular weight is 294 g/mol. The fraction of sp³-hybridized carbons (Fsp3) is 0.0556. The second-order valence-electron chi connectivity index (χ2n) is 4.86. The second-order valence-corrected chi connectivity index (χ2v) is 5.81. The summed E-state index contributed by atoms with van der Waals surface area (Å²) in [4.78, 5) is 13.6. The third-order valence-electron chi connectivity index (χ3n) is 3.38. The zero-order valence-corrected chi connectivity index (χ0v) is 12.4. The smallest absolute Gasteiger partial charge is 0.197 e. The van der Waals surface area contributed by atoms with Gasteiger partial charge in [-0.05, 0) is 41.6 Å². The molecule has 0 spiro atoms. The van der Waals surface area contributed by atoms with Crippen molar-refractivity contribution in [3.63, 3.8) is 0 Å². The van der Waals surface area contributed by atoms with Gasteiger partial charge in [0.2, 0.25) is 0 Å². The summed E-state index contributed by atoms with van der Waals surface area (Å²) in [5.41, 5.74) is 2.68. The monoisotopic (exact) mass is 294 g/mol. The molecule has 0 atom stereocenters. The topological polar surface area (TPSA) is 37.3 Å². The van der Waals surface area contributed by atoms with Crippen LogP contribution in [0.15, 0.2) is 60.0 Å². The molecule has 2 nitrogen and oxygen atoms in total. The first-order valence-electron chi connectivity index (χ1n) is 6.64. The van der Waals surface area contributed by atoms with Crippen LogP contribution in [0.4, 0.5) is 0 Å². The minimum Gasteiger partial charge on any atom is -0.507 e. The Bertz CT molecular complexity index is 751. The van der Waals surface area contributed by atoms with E-state index in [-0.39, 0.29) is 11.5 Å². The zero-order valence-electron chi connectivity index (χ0n) is 11.5. The minimum absolute atomic E-state index is 0.0345. The highest BCUT2D eigenvalue weighted by Crippen LogP contribution is 2.33. The van der Waals surface area contributed by atoms with Gasteiger partial charge in [-0.3, -0.25) is 4.79 Å². The van der Waals surface area contributed by atoms with Crippen LogP contribution in [0.5, 0.6) is 5.75 Å². The Balaban J connectivity index is 2.07. The van der Waals surface area contributed by atoms with Crippen LogP contribution in [0.2, 0.25) is 0 Å². The molecule has 0 saturated heterocycles. The van der Waals surface area contributed by atoms with E-state index in [1.54, 1.807) is 29.5 Å². The Morgan fingerprint density at radius 3 is 2.43 bits per heavy atom. The number of phenols is 1. The molecule has 3 aromatic rings. The van der Waals surface area contributed by atoms with E-state index < -0.39 is 0 Å². The zero-order chi connectivity index (χ0) is 14.8. The van der Waals surface area contributed by atoms with Gasteiger partial charge < -0.3 is 5.11 Å². The molecule has 0 fully saturated rings. The van der Waals surface area contributed by atoms with Crippen molar-refractivity contribution in [3.8, 4) is 16.2 Å². The summed E-state index contributed by atoms with van der Waals surface area (Å²) in [5, 5.41) is 12.3. The van der Waals surface area contributed by atoms with Crippen LogP contribution in [0.25, 0.3) is 10.4 Å². The van der Waals surface area contributed by atoms with Crippen LogP contribution < -0.4 is 0 Å². The largest absolute Gasteiger partial charge is 0.507 e. The quantitative estimate of drug-likeness (QED) is 0.713. The van der Waals surface area contributed by atoms with Crippen molar-refractivity contribution < 1.29 is 9.90 Å². The number of thiophene rings is 1. The van der Waals surface area contributed by atoms with Crippen LogP contribution >= 0.6 is 11.3 Å². The van der Waals surface area contributed by atoms with Crippen molar-refractivity contribution in [3.05, 3.63) is 76.7 Å². The Labute approximate surface area is 127 Å². The summed E-state index contributed by atoms with van der Waals surface area (Å²) in [7, 11) is 0. The van der Waals surface area contributed by atoms with Crippen molar-refractivity contribution in [1.29, 1.82) is 0 Å². The maximum Gasteiger partial charge on any atom is 0.197 e. The molecule has 0 radical (unpaired) electrons. The molecule has 3 heteroatoms. The van der Waals surface area contributed by atoms with E-state index in [1.807, 2.05) is 48.7 Å². The number of carbonyl (C=O) groups is 1. The summed E-state index contributed by atoms with van der Waals surface area (Å²) < 4.78 is 0. The molecule has 0 amide bonds. The van der Waals surface area contributed by atoms with Crippen LogP contribution in [-0.2, 0) is 0 Å². The number of aryl methyl sites for hydroxylation is 1. The molecule has 21 heavy (non-hydrogen) atoms. The number of benzene rings is 2. The van der Waals surface area contributed by atoms with Crippen LogP contribution in [-0.4, -0.2) is 10.9 Å². The number of hydrogen-bond donors (Lipinski definition) is 1. The van der Waals surface area contributed by atoms with Crippen molar-refractivity contribution in [2.24, 2.45) is 0 Å². The molecule has 0 unspecified atom stereocenters. The lowest BCUT2D eigenvalue weighted by Gasteiger charge is -2.10. The Morgan fingerprint density at radius 1 is 1.05 bits per heavy atom. The Hall–Kier alpha value is -2.39. The first kappa shape index (κ1) is 13.6. The number of carbonyl (C=O) groups excluding carboxylic acids is 1. The molecule has 0 aliphatic carbocycles. The Morgan fingerprint density at radius 2 is 1.81 bits per heavy atom. The molecule has 2 aromatic carbocycles. The average Bonchev–Trinajstić information content (AvgIpc) is 3.01. The van der Waals surface area contributed by atoms with Crippen molar-refractivity contribution in [2.45, 2.75) is 6.92 Å². The molecule has 3 rings (SSSR count). The van der Waals surface area contributed by atoms with Crippen molar-refractivity contribution >= 4 is 17.1 Å². The van der Waals surface area contributed by atoms with Gasteiger partial charge in [-0.25, -0.2) is 0 Å². The number of rotatable bonds is 3. The molecule has 1 N–H and O–H groups in total. The van der Waals surface area contributed by atoms with Gasteiger partial charge in [-0.2, -0.15) is 0 Å². The van der Waals surface area contributed by atoms with Crippen molar-refractivity contribution in [1.82, 2.24) is 0 Å². The van der Waals surface area contributed by atoms with E-state index >= 15 is 0 Å². The number of phenolic OH excluding ortho intramolecular Hbond substituents is 1. The third-order valence-corrected chi connectivity index (χ3v) is 4.30. The fourth-order valence-electron chi connectivity index (χ4n) is 2.38. The lowest BCUT2D eigenvalue weighted by Crippen LogP contribution is -2.04. The lowest BCUT2D eigenvalue weighted by molar-refractivity contribution is 0.103. The molecule has 104 valence electrons. The fourth-order valence-corrected chi connectivity index (χ4v) is 3.10. The van der Waals surface area contributed by atoms with E-state index in [2.05, 4.69) is 0 Å². The van der Waals surface area contributed by atoms with Crippen molar-refractivity contribution in [2.75, 3.05) is 0 Å². The Kier molecular flexibility index (Phi) is 3.59. The SMILES string of the molecule is Cc1cc(-c2cccs2)cc(O)c1C(=O)c1ccccc1. The van der Waals surface area contributed by atoms with E-state index in [1.165, 1.54) is 0 Å². The lowest BCUT2D eigenvalue weighted by atomic mass is 9.96. The van der Waals surface area contributed by atoms with Gasteiger partial charge in [-0.15, -0.1) is 11.3 Å². The van der Waals surface area contributed by atoms with E-state index in [0.29, 0.717) is 11.1 Å². The van der Waals surface area contributed by atoms with Gasteiger partial charge in [0.05, 0.1) is 5.56 Å².